The third kappa shape index (κ3) is 4.03. The van der Waals surface area contributed by atoms with Crippen molar-refractivity contribution in [2.24, 2.45) is 0 Å². The normalized spacial score (nSPS) is 19.0. The molecule has 0 bridgehead atoms. The summed E-state index contributed by atoms with van der Waals surface area (Å²) in [4.78, 5) is 14.4. The van der Waals surface area contributed by atoms with Crippen molar-refractivity contribution in [1.82, 2.24) is 4.90 Å². The van der Waals surface area contributed by atoms with E-state index in [-0.39, 0.29) is 10.8 Å². The van der Waals surface area contributed by atoms with Crippen LogP contribution in [0.15, 0.2) is 24.3 Å². The van der Waals surface area contributed by atoms with Crippen molar-refractivity contribution >= 4 is 17.7 Å². The standard InChI is InChI=1S/C18H27NOS/c1-5-6-7-16(20)19-12-13-21-17(19)14-8-10-15(11-9-14)18(2,3)4/h8-11,17H,5-7,12-13H2,1-4H3/t17-/m0/s1. The lowest BCUT2D eigenvalue weighted by Crippen LogP contribution is -2.30. The fraction of sp³-hybridized carbons (Fsp3) is 0.611. The molecule has 1 aromatic carbocycles. The molecular weight excluding hydrogens is 278 g/mol. The Morgan fingerprint density at radius 3 is 2.52 bits per heavy atom. The van der Waals surface area contributed by atoms with Crippen molar-refractivity contribution < 1.29 is 4.79 Å². The van der Waals surface area contributed by atoms with Crippen molar-refractivity contribution in [3.8, 4) is 0 Å². The van der Waals surface area contributed by atoms with Crippen LogP contribution in [0.1, 0.15) is 63.5 Å². The number of rotatable bonds is 4. The van der Waals surface area contributed by atoms with Crippen LogP contribution in [0.4, 0.5) is 0 Å². The van der Waals surface area contributed by atoms with Gasteiger partial charge in [-0.3, -0.25) is 4.79 Å². The predicted octanol–water partition coefficient (Wildman–Crippen LogP) is 4.75. The van der Waals surface area contributed by atoms with E-state index >= 15 is 0 Å². The number of carbonyl (C=O) groups excluding carboxylic acids is 1. The van der Waals surface area contributed by atoms with Crippen LogP contribution < -0.4 is 0 Å². The van der Waals surface area contributed by atoms with Gasteiger partial charge in [0.25, 0.3) is 0 Å². The highest BCUT2D eigenvalue weighted by Crippen LogP contribution is 2.39. The molecule has 0 aromatic heterocycles. The van der Waals surface area contributed by atoms with Gasteiger partial charge in [0.15, 0.2) is 0 Å². The molecule has 1 atom stereocenters. The van der Waals surface area contributed by atoms with Crippen LogP contribution in [0, 0.1) is 0 Å². The first-order chi connectivity index (χ1) is 9.93. The number of nitrogens with zero attached hydrogens (tertiary/aromatic N) is 1. The molecular formula is C18H27NOS. The smallest absolute Gasteiger partial charge is 0.223 e. The maximum absolute atomic E-state index is 12.3. The van der Waals surface area contributed by atoms with E-state index < -0.39 is 0 Å². The molecule has 2 nitrogen and oxygen atoms in total. The van der Waals surface area contributed by atoms with Crippen molar-refractivity contribution in [1.29, 1.82) is 0 Å². The van der Waals surface area contributed by atoms with E-state index in [0.29, 0.717) is 12.3 Å². The van der Waals surface area contributed by atoms with Crippen LogP contribution in [0.3, 0.4) is 0 Å². The van der Waals surface area contributed by atoms with E-state index in [2.05, 4.69) is 56.9 Å². The first-order valence-corrected chi connectivity index (χ1v) is 9.00. The van der Waals surface area contributed by atoms with E-state index in [1.54, 1.807) is 0 Å². The van der Waals surface area contributed by atoms with Crippen molar-refractivity contribution in [3.05, 3.63) is 35.4 Å². The monoisotopic (exact) mass is 305 g/mol. The van der Waals surface area contributed by atoms with Gasteiger partial charge in [-0.1, -0.05) is 58.4 Å². The van der Waals surface area contributed by atoms with Crippen LogP contribution in [0.25, 0.3) is 0 Å². The minimum absolute atomic E-state index is 0.179. The molecule has 0 radical (unpaired) electrons. The lowest BCUT2D eigenvalue weighted by Gasteiger charge is -2.25. The van der Waals surface area contributed by atoms with Crippen LogP contribution >= 0.6 is 11.8 Å². The minimum atomic E-state index is 0.179. The summed E-state index contributed by atoms with van der Waals surface area (Å²) >= 11 is 1.88. The average molecular weight is 305 g/mol. The Labute approximate surface area is 133 Å². The SMILES string of the molecule is CCCCC(=O)N1CCS[C@H]1c1ccc(C(C)(C)C)cc1. The molecule has 1 fully saturated rings. The Balaban J connectivity index is 2.11. The maximum Gasteiger partial charge on any atom is 0.223 e. The molecule has 1 aliphatic heterocycles. The summed E-state index contributed by atoms with van der Waals surface area (Å²) in [6.45, 7) is 9.71. The Bertz CT molecular complexity index is 475. The highest BCUT2D eigenvalue weighted by Gasteiger charge is 2.30. The molecule has 1 saturated heterocycles. The molecule has 0 spiro atoms. The van der Waals surface area contributed by atoms with Gasteiger partial charge in [-0.2, -0.15) is 0 Å². The molecule has 1 aromatic rings. The lowest BCUT2D eigenvalue weighted by molar-refractivity contribution is -0.131. The molecule has 116 valence electrons. The molecule has 0 saturated carbocycles. The summed E-state index contributed by atoms with van der Waals surface area (Å²) in [5, 5.41) is 0.211. The second-order valence-corrected chi connectivity index (χ2v) is 7.97. The third-order valence-electron chi connectivity index (χ3n) is 4.02. The average Bonchev–Trinajstić information content (AvgIpc) is 2.93. The molecule has 0 N–H and O–H groups in total. The lowest BCUT2D eigenvalue weighted by atomic mass is 9.86. The summed E-state index contributed by atoms with van der Waals surface area (Å²) in [5.41, 5.74) is 2.78. The second-order valence-electron chi connectivity index (χ2n) is 6.79. The van der Waals surface area contributed by atoms with E-state index in [9.17, 15) is 4.79 Å². The van der Waals surface area contributed by atoms with Gasteiger partial charge in [-0.05, 0) is 23.0 Å². The van der Waals surface area contributed by atoms with E-state index in [1.165, 1.54) is 11.1 Å². The van der Waals surface area contributed by atoms with Gasteiger partial charge < -0.3 is 4.90 Å². The topological polar surface area (TPSA) is 20.3 Å². The Morgan fingerprint density at radius 2 is 1.95 bits per heavy atom. The first-order valence-electron chi connectivity index (χ1n) is 7.95. The zero-order valence-corrected chi connectivity index (χ0v) is 14.5. The molecule has 1 amide bonds. The Kier molecular flexibility index (Phi) is 5.37. The van der Waals surface area contributed by atoms with Gasteiger partial charge in [0.1, 0.15) is 5.37 Å². The van der Waals surface area contributed by atoms with Gasteiger partial charge in [-0.15, -0.1) is 11.8 Å². The molecule has 1 aliphatic rings. The molecule has 2 rings (SSSR count). The molecule has 3 heteroatoms. The highest BCUT2D eigenvalue weighted by molar-refractivity contribution is 7.99. The highest BCUT2D eigenvalue weighted by atomic mass is 32.2. The number of hydrogen-bond acceptors (Lipinski definition) is 2. The number of carbonyl (C=O) groups is 1. The zero-order valence-electron chi connectivity index (χ0n) is 13.7. The second kappa shape index (κ2) is 6.87. The van der Waals surface area contributed by atoms with Gasteiger partial charge in [0.2, 0.25) is 5.91 Å². The first kappa shape index (κ1) is 16.4. The van der Waals surface area contributed by atoms with E-state index in [0.717, 1.165) is 25.1 Å². The molecule has 0 aliphatic carbocycles. The number of hydrogen-bond donors (Lipinski definition) is 0. The summed E-state index contributed by atoms with van der Waals surface area (Å²) < 4.78 is 0. The van der Waals surface area contributed by atoms with Gasteiger partial charge in [0, 0.05) is 18.7 Å². The minimum Gasteiger partial charge on any atom is -0.326 e. The van der Waals surface area contributed by atoms with Crippen LogP contribution in [-0.4, -0.2) is 23.1 Å². The Morgan fingerprint density at radius 1 is 1.29 bits per heavy atom. The van der Waals surface area contributed by atoms with Crippen LogP contribution in [-0.2, 0) is 10.2 Å². The summed E-state index contributed by atoms with van der Waals surface area (Å²) in [6, 6.07) is 8.82. The number of unbranched alkanes of at least 4 members (excludes halogenated alkanes) is 1. The molecule has 1 heterocycles. The fourth-order valence-electron chi connectivity index (χ4n) is 2.62. The number of thioether (sulfide) groups is 1. The van der Waals surface area contributed by atoms with E-state index in [4.69, 9.17) is 0 Å². The van der Waals surface area contributed by atoms with E-state index in [1.807, 2.05) is 11.8 Å². The van der Waals surface area contributed by atoms with Crippen molar-refractivity contribution in [3.63, 3.8) is 0 Å². The summed E-state index contributed by atoms with van der Waals surface area (Å²) in [5.74, 6) is 1.36. The molecule has 21 heavy (non-hydrogen) atoms. The predicted molar refractivity (Wildman–Crippen MR) is 91.6 cm³/mol. The van der Waals surface area contributed by atoms with Crippen molar-refractivity contribution in [2.45, 2.75) is 57.7 Å². The van der Waals surface area contributed by atoms with Gasteiger partial charge >= 0.3 is 0 Å². The van der Waals surface area contributed by atoms with Gasteiger partial charge in [0.05, 0.1) is 0 Å². The Hall–Kier alpha value is -0.960. The summed E-state index contributed by atoms with van der Waals surface area (Å²) in [6.07, 6.45) is 2.76. The third-order valence-corrected chi connectivity index (χ3v) is 5.28. The summed E-state index contributed by atoms with van der Waals surface area (Å²) in [7, 11) is 0. The van der Waals surface area contributed by atoms with Crippen molar-refractivity contribution in [2.75, 3.05) is 12.3 Å². The number of benzene rings is 1. The largest absolute Gasteiger partial charge is 0.326 e. The maximum atomic E-state index is 12.3. The molecule has 0 unspecified atom stereocenters. The fourth-order valence-corrected chi connectivity index (χ4v) is 3.90. The number of amides is 1. The van der Waals surface area contributed by atoms with Gasteiger partial charge in [-0.25, -0.2) is 0 Å². The van der Waals surface area contributed by atoms with Crippen LogP contribution in [0.2, 0.25) is 0 Å². The van der Waals surface area contributed by atoms with Crippen LogP contribution in [0.5, 0.6) is 0 Å². The zero-order chi connectivity index (χ0) is 15.5. The quantitative estimate of drug-likeness (QED) is 0.800.